The molecule has 2 N–H and O–H groups in total. The maximum atomic E-state index is 11.9. The van der Waals surface area contributed by atoms with E-state index in [0.717, 1.165) is 11.1 Å². The van der Waals surface area contributed by atoms with Gasteiger partial charge in [0.15, 0.2) is 18.1 Å². The molecule has 1 amide bonds. The first-order valence-corrected chi connectivity index (χ1v) is 9.64. The molecule has 8 heteroatoms. The van der Waals surface area contributed by atoms with Gasteiger partial charge in [0, 0.05) is 5.02 Å². The van der Waals surface area contributed by atoms with E-state index in [1.54, 1.807) is 24.3 Å². The van der Waals surface area contributed by atoms with Crippen molar-refractivity contribution < 1.29 is 19.4 Å². The Morgan fingerprint density at radius 1 is 1.26 bits per heavy atom. The van der Waals surface area contributed by atoms with Gasteiger partial charge in [0.25, 0.3) is 5.91 Å². The standard InChI is InChI=1S/C19H20ClIN2O4/c1-4-26-16-8-13(7-15(21)19(16)25)9-22-23-17(24)10-27-14-5-11(2)18(20)12(3)6-14/h5-9,25H,4,10H2,1-3H3,(H,23,24). The van der Waals surface area contributed by atoms with Crippen molar-refractivity contribution in [3.8, 4) is 17.2 Å². The van der Waals surface area contributed by atoms with E-state index in [1.807, 2.05) is 43.4 Å². The summed E-state index contributed by atoms with van der Waals surface area (Å²) in [5.41, 5.74) is 4.86. The Kier molecular flexibility index (Phi) is 7.73. The van der Waals surface area contributed by atoms with Crippen molar-refractivity contribution in [2.24, 2.45) is 5.10 Å². The van der Waals surface area contributed by atoms with E-state index < -0.39 is 5.91 Å². The lowest BCUT2D eigenvalue weighted by Gasteiger charge is -2.09. The molecule has 27 heavy (non-hydrogen) atoms. The van der Waals surface area contributed by atoms with Crippen LogP contribution in [0.15, 0.2) is 29.4 Å². The van der Waals surface area contributed by atoms with Crippen LogP contribution in [-0.4, -0.2) is 30.4 Å². The van der Waals surface area contributed by atoms with Crippen LogP contribution in [0.25, 0.3) is 0 Å². The van der Waals surface area contributed by atoms with E-state index in [0.29, 0.717) is 32.3 Å². The zero-order valence-corrected chi connectivity index (χ0v) is 18.1. The van der Waals surface area contributed by atoms with Gasteiger partial charge in [-0.15, -0.1) is 0 Å². The second-order valence-electron chi connectivity index (χ2n) is 5.74. The molecule has 0 heterocycles. The lowest BCUT2D eigenvalue weighted by atomic mass is 10.1. The molecule has 0 aliphatic rings. The van der Waals surface area contributed by atoms with Gasteiger partial charge in [-0.2, -0.15) is 5.10 Å². The molecule has 0 atom stereocenters. The minimum absolute atomic E-state index is 0.0839. The molecule has 0 aliphatic carbocycles. The Morgan fingerprint density at radius 3 is 2.56 bits per heavy atom. The van der Waals surface area contributed by atoms with E-state index >= 15 is 0 Å². The molecular formula is C19H20ClIN2O4. The highest BCUT2D eigenvalue weighted by atomic mass is 127. The second-order valence-corrected chi connectivity index (χ2v) is 7.28. The lowest BCUT2D eigenvalue weighted by Crippen LogP contribution is -2.24. The third-order valence-electron chi connectivity index (χ3n) is 3.53. The minimum Gasteiger partial charge on any atom is -0.504 e. The molecular weight excluding hydrogens is 483 g/mol. The third kappa shape index (κ3) is 6.00. The predicted molar refractivity (Wildman–Crippen MR) is 114 cm³/mol. The van der Waals surface area contributed by atoms with Crippen molar-refractivity contribution in [3.05, 3.63) is 49.5 Å². The maximum Gasteiger partial charge on any atom is 0.277 e. The van der Waals surface area contributed by atoms with Gasteiger partial charge in [-0.25, -0.2) is 5.43 Å². The monoisotopic (exact) mass is 502 g/mol. The minimum atomic E-state index is -0.394. The molecule has 0 aliphatic heterocycles. The first kappa shape index (κ1) is 21.3. The average molecular weight is 503 g/mol. The number of hydrazone groups is 1. The first-order chi connectivity index (χ1) is 12.8. The molecule has 2 aromatic carbocycles. The summed E-state index contributed by atoms with van der Waals surface area (Å²) in [6.07, 6.45) is 1.47. The van der Waals surface area contributed by atoms with Crippen LogP contribution in [0.3, 0.4) is 0 Å². The number of benzene rings is 2. The highest BCUT2D eigenvalue weighted by molar-refractivity contribution is 14.1. The number of amides is 1. The molecule has 0 saturated carbocycles. The number of aryl methyl sites for hydroxylation is 2. The molecule has 0 unspecified atom stereocenters. The zero-order valence-electron chi connectivity index (χ0n) is 15.2. The first-order valence-electron chi connectivity index (χ1n) is 8.18. The quantitative estimate of drug-likeness (QED) is 0.338. The van der Waals surface area contributed by atoms with Crippen LogP contribution >= 0.6 is 34.2 Å². The van der Waals surface area contributed by atoms with E-state index in [-0.39, 0.29) is 12.4 Å². The molecule has 0 aromatic heterocycles. The fourth-order valence-corrected chi connectivity index (χ4v) is 3.02. The number of hydrogen-bond donors (Lipinski definition) is 2. The average Bonchev–Trinajstić information content (AvgIpc) is 2.62. The number of carbonyl (C=O) groups excluding carboxylic acids is 1. The number of phenolic OH excluding ortho intramolecular Hbond substituents is 1. The Morgan fingerprint density at radius 2 is 1.93 bits per heavy atom. The Bertz CT molecular complexity index is 848. The summed E-state index contributed by atoms with van der Waals surface area (Å²) in [4.78, 5) is 11.9. The summed E-state index contributed by atoms with van der Waals surface area (Å²) >= 11 is 8.11. The summed E-state index contributed by atoms with van der Waals surface area (Å²) in [5.74, 6) is 0.632. The number of nitrogens with zero attached hydrogens (tertiary/aromatic N) is 1. The lowest BCUT2D eigenvalue weighted by molar-refractivity contribution is -0.123. The van der Waals surface area contributed by atoms with E-state index in [9.17, 15) is 9.90 Å². The SMILES string of the molecule is CCOc1cc(C=NNC(=O)COc2cc(C)c(Cl)c(C)c2)cc(I)c1O. The van der Waals surface area contributed by atoms with Crippen molar-refractivity contribution in [1.29, 1.82) is 0 Å². The van der Waals surface area contributed by atoms with Crippen LogP contribution in [0.4, 0.5) is 0 Å². The largest absolute Gasteiger partial charge is 0.504 e. The van der Waals surface area contributed by atoms with Crippen LogP contribution in [0.2, 0.25) is 5.02 Å². The van der Waals surface area contributed by atoms with Gasteiger partial charge in [0.2, 0.25) is 0 Å². The number of hydrogen-bond acceptors (Lipinski definition) is 5. The second kappa shape index (κ2) is 9.80. The van der Waals surface area contributed by atoms with Gasteiger partial charge in [0.05, 0.1) is 16.4 Å². The predicted octanol–water partition coefficient (Wildman–Crippen LogP) is 4.19. The number of ether oxygens (including phenoxy) is 2. The number of aromatic hydroxyl groups is 1. The Hall–Kier alpha value is -2.00. The normalized spacial score (nSPS) is 10.9. The van der Waals surface area contributed by atoms with Gasteiger partial charge in [0.1, 0.15) is 5.75 Å². The fraction of sp³-hybridized carbons (Fsp3) is 0.263. The van der Waals surface area contributed by atoms with Crippen molar-refractivity contribution >= 4 is 46.3 Å². The zero-order chi connectivity index (χ0) is 20.0. The summed E-state index contributed by atoms with van der Waals surface area (Å²) < 4.78 is 11.5. The van der Waals surface area contributed by atoms with Crippen LogP contribution < -0.4 is 14.9 Å². The van der Waals surface area contributed by atoms with Crippen molar-refractivity contribution in [1.82, 2.24) is 5.43 Å². The Balaban J connectivity index is 1.94. The summed E-state index contributed by atoms with van der Waals surface area (Å²) in [7, 11) is 0. The van der Waals surface area contributed by atoms with Crippen LogP contribution in [0.1, 0.15) is 23.6 Å². The molecule has 2 rings (SSSR count). The van der Waals surface area contributed by atoms with Crippen LogP contribution in [0.5, 0.6) is 17.2 Å². The highest BCUT2D eigenvalue weighted by Gasteiger charge is 2.09. The van der Waals surface area contributed by atoms with Gasteiger partial charge >= 0.3 is 0 Å². The third-order valence-corrected chi connectivity index (χ3v) is 4.95. The van der Waals surface area contributed by atoms with Crippen LogP contribution in [0, 0.1) is 17.4 Å². The fourth-order valence-electron chi connectivity index (χ4n) is 2.28. The summed E-state index contributed by atoms with van der Waals surface area (Å²) in [6, 6.07) is 6.93. The van der Waals surface area contributed by atoms with E-state index in [4.69, 9.17) is 21.1 Å². The number of halogens is 2. The molecule has 2 aromatic rings. The number of rotatable bonds is 7. The summed E-state index contributed by atoms with van der Waals surface area (Å²) in [5, 5.41) is 14.5. The molecule has 0 bridgehead atoms. The summed E-state index contributed by atoms with van der Waals surface area (Å²) in [6.45, 7) is 5.85. The van der Waals surface area contributed by atoms with E-state index in [1.165, 1.54) is 6.21 Å². The maximum absolute atomic E-state index is 11.9. The Labute approximate surface area is 176 Å². The van der Waals surface area contributed by atoms with Crippen molar-refractivity contribution in [3.63, 3.8) is 0 Å². The highest BCUT2D eigenvalue weighted by Crippen LogP contribution is 2.32. The smallest absolute Gasteiger partial charge is 0.277 e. The van der Waals surface area contributed by atoms with Crippen molar-refractivity contribution in [2.45, 2.75) is 20.8 Å². The molecule has 0 saturated heterocycles. The van der Waals surface area contributed by atoms with E-state index in [2.05, 4.69) is 10.5 Å². The number of phenols is 1. The van der Waals surface area contributed by atoms with Crippen molar-refractivity contribution in [2.75, 3.05) is 13.2 Å². The number of carbonyl (C=O) groups is 1. The number of nitrogens with one attached hydrogen (secondary N) is 1. The van der Waals surface area contributed by atoms with Gasteiger partial charge < -0.3 is 14.6 Å². The van der Waals surface area contributed by atoms with Crippen LogP contribution in [-0.2, 0) is 4.79 Å². The molecule has 0 fully saturated rings. The van der Waals surface area contributed by atoms with Gasteiger partial charge in [-0.05, 0) is 84.3 Å². The molecule has 6 nitrogen and oxygen atoms in total. The van der Waals surface area contributed by atoms with Gasteiger partial charge in [-0.3, -0.25) is 4.79 Å². The molecule has 0 radical (unpaired) electrons. The topological polar surface area (TPSA) is 80.2 Å². The molecule has 144 valence electrons. The van der Waals surface area contributed by atoms with Gasteiger partial charge in [-0.1, -0.05) is 11.6 Å². The molecule has 0 spiro atoms.